The van der Waals surface area contributed by atoms with Crippen LogP contribution in [0.5, 0.6) is 0 Å². The molecule has 0 saturated heterocycles. The second-order valence-corrected chi connectivity index (χ2v) is 5.85. The maximum absolute atomic E-state index is 12.1. The molecule has 0 aliphatic heterocycles. The lowest BCUT2D eigenvalue weighted by molar-refractivity contribution is 0.102. The van der Waals surface area contributed by atoms with Gasteiger partial charge in [-0.2, -0.15) is 5.10 Å². The first-order valence-electron chi connectivity index (χ1n) is 7.63. The van der Waals surface area contributed by atoms with Gasteiger partial charge in [-0.3, -0.25) is 9.59 Å². The van der Waals surface area contributed by atoms with Crippen LogP contribution in [0.25, 0.3) is 10.9 Å². The van der Waals surface area contributed by atoms with E-state index in [1.807, 2.05) is 44.6 Å². The number of likely N-dealkylation sites (N-methyl/N-ethyl adjacent to an activating group) is 1. The van der Waals surface area contributed by atoms with E-state index in [0.717, 1.165) is 24.0 Å². The predicted molar refractivity (Wildman–Crippen MR) is 93.3 cm³/mol. The maximum Gasteiger partial charge on any atom is 0.276 e. The zero-order valence-electron chi connectivity index (χ0n) is 13.6. The molecule has 2 N–H and O–H groups in total. The summed E-state index contributed by atoms with van der Waals surface area (Å²) in [6.07, 6.45) is 2.04. The van der Waals surface area contributed by atoms with Gasteiger partial charge in [0.15, 0.2) is 0 Å². The molecule has 0 bridgehead atoms. The Morgan fingerprint density at radius 3 is 2.79 bits per heavy atom. The van der Waals surface area contributed by atoms with Gasteiger partial charge in [-0.1, -0.05) is 0 Å². The number of rotatable bonds is 5. The standard InChI is InChI=1S/C17H19N5O2/c1-21(2)9-10-22-8-7-12-11-13(3-5-15(12)22)18-17(24)14-4-6-16(23)20-19-14/h3-8,11H,9-10H2,1-2H3,(H,18,24)(H,20,23). The number of anilines is 1. The van der Waals surface area contributed by atoms with E-state index in [0.29, 0.717) is 5.69 Å². The van der Waals surface area contributed by atoms with Crippen molar-refractivity contribution in [3.8, 4) is 0 Å². The van der Waals surface area contributed by atoms with Crippen LogP contribution in [0.3, 0.4) is 0 Å². The van der Waals surface area contributed by atoms with Crippen molar-refractivity contribution in [2.75, 3.05) is 26.0 Å². The molecule has 24 heavy (non-hydrogen) atoms. The summed E-state index contributed by atoms with van der Waals surface area (Å²) in [6, 6.07) is 10.5. The Hall–Kier alpha value is -2.93. The molecule has 7 heteroatoms. The van der Waals surface area contributed by atoms with Crippen molar-refractivity contribution in [3.05, 3.63) is 58.6 Å². The van der Waals surface area contributed by atoms with Crippen molar-refractivity contribution >= 4 is 22.5 Å². The highest BCUT2D eigenvalue weighted by Crippen LogP contribution is 2.21. The quantitative estimate of drug-likeness (QED) is 0.745. The summed E-state index contributed by atoms with van der Waals surface area (Å²) >= 11 is 0. The Bertz CT molecular complexity index is 906. The number of nitrogens with one attached hydrogen (secondary N) is 2. The van der Waals surface area contributed by atoms with Gasteiger partial charge in [-0.15, -0.1) is 0 Å². The average molecular weight is 325 g/mol. The van der Waals surface area contributed by atoms with E-state index in [1.54, 1.807) is 0 Å². The number of aromatic nitrogens is 3. The second kappa shape index (κ2) is 6.67. The molecule has 0 spiro atoms. The molecule has 1 aromatic carbocycles. The van der Waals surface area contributed by atoms with Crippen LogP contribution < -0.4 is 10.9 Å². The Kier molecular flexibility index (Phi) is 4.43. The molecule has 0 aliphatic rings. The number of carbonyl (C=O) groups is 1. The van der Waals surface area contributed by atoms with Gasteiger partial charge >= 0.3 is 0 Å². The fourth-order valence-corrected chi connectivity index (χ4v) is 2.45. The number of amides is 1. The van der Waals surface area contributed by atoms with Gasteiger partial charge in [0.2, 0.25) is 0 Å². The molecule has 2 heterocycles. The van der Waals surface area contributed by atoms with Crippen molar-refractivity contribution in [1.29, 1.82) is 0 Å². The predicted octanol–water partition coefficient (Wildman–Crippen LogP) is 1.54. The van der Waals surface area contributed by atoms with Gasteiger partial charge in [0.25, 0.3) is 11.5 Å². The van der Waals surface area contributed by atoms with Gasteiger partial charge < -0.3 is 14.8 Å². The summed E-state index contributed by atoms with van der Waals surface area (Å²) in [5, 5.41) is 9.82. The van der Waals surface area contributed by atoms with Crippen molar-refractivity contribution in [2.45, 2.75) is 6.54 Å². The zero-order valence-corrected chi connectivity index (χ0v) is 13.6. The molecule has 3 aromatic rings. The number of hydrogen-bond acceptors (Lipinski definition) is 4. The van der Waals surface area contributed by atoms with E-state index in [9.17, 15) is 9.59 Å². The molecule has 0 fully saturated rings. The third kappa shape index (κ3) is 3.52. The molecular weight excluding hydrogens is 306 g/mol. The van der Waals surface area contributed by atoms with E-state index in [-0.39, 0.29) is 17.2 Å². The molecule has 1 amide bonds. The average Bonchev–Trinajstić information content (AvgIpc) is 2.95. The Morgan fingerprint density at radius 1 is 1.25 bits per heavy atom. The molecular formula is C17H19N5O2. The molecule has 0 radical (unpaired) electrons. The number of H-pyrrole nitrogens is 1. The van der Waals surface area contributed by atoms with E-state index in [4.69, 9.17) is 0 Å². The zero-order chi connectivity index (χ0) is 17.1. The molecule has 0 unspecified atom stereocenters. The van der Waals surface area contributed by atoms with Crippen molar-refractivity contribution in [2.24, 2.45) is 0 Å². The van der Waals surface area contributed by atoms with Crippen molar-refractivity contribution in [3.63, 3.8) is 0 Å². The third-order valence-corrected chi connectivity index (χ3v) is 3.73. The number of aromatic amines is 1. The number of nitrogens with zero attached hydrogens (tertiary/aromatic N) is 3. The minimum absolute atomic E-state index is 0.165. The summed E-state index contributed by atoms with van der Waals surface area (Å²) < 4.78 is 2.18. The minimum atomic E-state index is -0.363. The van der Waals surface area contributed by atoms with E-state index < -0.39 is 0 Å². The maximum atomic E-state index is 12.1. The van der Waals surface area contributed by atoms with Crippen LogP contribution >= 0.6 is 0 Å². The summed E-state index contributed by atoms with van der Waals surface area (Å²) in [6.45, 7) is 1.86. The normalized spacial score (nSPS) is 11.1. The van der Waals surface area contributed by atoms with Gasteiger partial charge in [-0.25, -0.2) is 5.10 Å². The fourth-order valence-electron chi connectivity index (χ4n) is 2.45. The SMILES string of the molecule is CN(C)CCn1ccc2cc(NC(=O)c3ccc(=O)[nH]n3)ccc21. The Balaban J connectivity index is 1.77. The lowest BCUT2D eigenvalue weighted by Gasteiger charge is -2.11. The molecule has 0 saturated carbocycles. The number of hydrogen-bond donors (Lipinski definition) is 2. The Morgan fingerprint density at radius 2 is 2.08 bits per heavy atom. The van der Waals surface area contributed by atoms with Crippen molar-refractivity contribution in [1.82, 2.24) is 19.7 Å². The highest BCUT2D eigenvalue weighted by molar-refractivity contribution is 6.03. The topological polar surface area (TPSA) is 83.0 Å². The second-order valence-electron chi connectivity index (χ2n) is 5.85. The molecule has 7 nitrogen and oxygen atoms in total. The molecule has 0 atom stereocenters. The van der Waals surface area contributed by atoms with Crippen LogP contribution in [0.4, 0.5) is 5.69 Å². The summed E-state index contributed by atoms with van der Waals surface area (Å²) in [5.41, 5.74) is 1.63. The summed E-state index contributed by atoms with van der Waals surface area (Å²) in [7, 11) is 4.09. The van der Waals surface area contributed by atoms with Crippen molar-refractivity contribution < 1.29 is 4.79 Å². The van der Waals surface area contributed by atoms with Crippen LogP contribution in [-0.4, -0.2) is 46.2 Å². The molecule has 0 aliphatic carbocycles. The summed E-state index contributed by atoms with van der Waals surface area (Å²) in [5.74, 6) is -0.363. The van der Waals surface area contributed by atoms with Crippen LogP contribution in [-0.2, 0) is 6.54 Å². The fraction of sp³-hybridized carbons (Fsp3) is 0.235. The first-order chi connectivity index (χ1) is 11.5. The summed E-state index contributed by atoms with van der Waals surface area (Å²) in [4.78, 5) is 25.3. The minimum Gasteiger partial charge on any atom is -0.346 e. The molecule has 124 valence electrons. The van der Waals surface area contributed by atoms with Gasteiger partial charge in [0.1, 0.15) is 5.69 Å². The van der Waals surface area contributed by atoms with E-state index in [1.165, 1.54) is 12.1 Å². The lowest BCUT2D eigenvalue weighted by Crippen LogP contribution is -2.18. The number of benzene rings is 1. The first-order valence-corrected chi connectivity index (χ1v) is 7.63. The highest BCUT2D eigenvalue weighted by atomic mass is 16.2. The smallest absolute Gasteiger partial charge is 0.276 e. The highest BCUT2D eigenvalue weighted by Gasteiger charge is 2.09. The van der Waals surface area contributed by atoms with Crippen LogP contribution in [0.2, 0.25) is 0 Å². The van der Waals surface area contributed by atoms with Gasteiger partial charge in [0.05, 0.1) is 0 Å². The Labute approximate surface area is 138 Å². The van der Waals surface area contributed by atoms with Crippen LogP contribution in [0.1, 0.15) is 10.5 Å². The van der Waals surface area contributed by atoms with Crippen LogP contribution in [0.15, 0.2) is 47.4 Å². The van der Waals surface area contributed by atoms with Crippen LogP contribution in [0, 0.1) is 0 Å². The van der Waals surface area contributed by atoms with Gasteiger partial charge in [-0.05, 0) is 44.4 Å². The lowest BCUT2D eigenvalue weighted by atomic mass is 10.2. The monoisotopic (exact) mass is 325 g/mol. The van der Waals surface area contributed by atoms with Gasteiger partial charge in [0, 0.05) is 41.9 Å². The van der Waals surface area contributed by atoms with E-state index in [2.05, 4.69) is 25.0 Å². The largest absolute Gasteiger partial charge is 0.346 e. The number of carbonyl (C=O) groups excluding carboxylic acids is 1. The first kappa shape index (κ1) is 15.9. The molecule has 3 rings (SSSR count). The van der Waals surface area contributed by atoms with E-state index >= 15 is 0 Å². The molecule has 2 aromatic heterocycles. The number of fused-ring (bicyclic) bond motifs is 1. The third-order valence-electron chi connectivity index (χ3n) is 3.73.